The van der Waals surface area contributed by atoms with Gasteiger partial charge in [0.25, 0.3) is 0 Å². The topological polar surface area (TPSA) is 104 Å². The molecule has 0 atom stereocenters. The van der Waals surface area contributed by atoms with Gasteiger partial charge >= 0.3 is 0 Å². The van der Waals surface area contributed by atoms with E-state index < -0.39 is 0 Å². The van der Waals surface area contributed by atoms with Crippen molar-refractivity contribution in [1.29, 1.82) is 5.26 Å². The van der Waals surface area contributed by atoms with Crippen molar-refractivity contribution in [3.8, 4) is 17.5 Å². The lowest BCUT2D eigenvalue weighted by Gasteiger charge is -2.00. The number of nitrogen functional groups attached to an aromatic ring is 1. The van der Waals surface area contributed by atoms with Crippen molar-refractivity contribution in [2.75, 3.05) is 5.73 Å². The Labute approximate surface area is 112 Å². The number of aromatic amines is 1. The van der Waals surface area contributed by atoms with Gasteiger partial charge in [0, 0.05) is 23.3 Å². The monoisotopic (exact) mass is 270 g/mol. The van der Waals surface area contributed by atoms with Crippen molar-refractivity contribution in [3.05, 3.63) is 35.2 Å². The fourth-order valence-electron chi connectivity index (χ4n) is 1.77. The quantitative estimate of drug-likeness (QED) is 0.705. The van der Waals surface area contributed by atoms with Gasteiger partial charge in [-0.3, -0.25) is 0 Å². The summed E-state index contributed by atoms with van der Waals surface area (Å²) in [6, 6.07) is 3.69. The van der Waals surface area contributed by atoms with Crippen LogP contribution in [0.5, 0.6) is 0 Å². The molecule has 3 aromatic heterocycles. The molecule has 0 unspecified atom stereocenters. The number of halogens is 1. The number of rotatable bonds is 1. The van der Waals surface area contributed by atoms with Crippen LogP contribution in [0.4, 0.5) is 5.82 Å². The number of fused-ring (bicyclic) bond motifs is 1. The van der Waals surface area contributed by atoms with Crippen LogP contribution in [0.3, 0.4) is 0 Å². The number of nitrogens with one attached hydrogen (secondary N) is 1. The molecule has 0 bridgehead atoms. The molecule has 19 heavy (non-hydrogen) atoms. The maximum Gasteiger partial charge on any atom is 0.163 e. The van der Waals surface area contributed by atoms with Crippen molar-refractivity contribution in [2.45, 2.75) is 0 Å². The first-order chi connectivity index (χ1) is 9.19. The Kier molecular flexibility index (Phi) is 2.54. The largest absolute Gasteiger partial charge is 0.382 e. The van der Waals surface area contributed by atoms with Crippen molar-refractivity contribution < 1.29 is 0 Å². The summed E-state index contributed by atoms with van der Waals surface area (Å²) in [5.74, 6) is 0.573. The van der Waals surface area contributed by atoms with Gasteiger partial charge in [0.2, 0.25) is 0 Å². The van der Waals surface area contributed by atoms with Crippen LogP contribution in [0.2, 0.25) is 5.02 Å². The first-order valence-electron chi connectivity index (χ1n) is 5.34. The second kappa shape index (κ2) is 4.23. The number of aromatic nitrogens is 4. The van der Waals surface area contributed by atoms with E-state index in [2.05, 4.69) is 19.9 Å². The van der Waals surface area contributed by atoms with Crippen LogP contribution >= 0.6 is 11.6 Å². The standard InChI is InChI=1S/C12H7ClN6/c13-7-1-8-9(5-18-11(8)17-4-7)12-16-3-6(2-14)10(15)19-12/h1,3-5H,(H,17,18)(H2,15,16,19). The highest BCUT2D eigenvalue weighted by molar-refractivity contribution is 6.31. The third-order valence-electron chi connectivity index (χ3n) is 2.68. The van der Waals surface area contributed by atoms with Gasteiger partial charge in [-0.25, -0.2) is 15.0 Å². The van der Waals surface area contributed by atoms with Gasteiger partial charge in [-0.1, -0.05) is 11.6 Å². The van der Waals surface area contributed by atoms with Gasteiger partial charge in [0.1, 0.15) is 23.1 Å². The van der Waals surface area contributed by atoms with Crippen LogP contribution in [0.15, 0.2) is 24.7 Å². The number of nitrogens with two attached hydrogens (primary N) is 1. The van der Waals surface area contributed by atoms with Gasteiger partial charge in [0.05, 0.1) is 11.2 Å². The second-order valence-corrected chi connectivity index (χ2v) is 4.29. The summed E-state index contributed by atoms with van der Waals surface area (Å²) in [5, 5.41) is 10.1. The summed E-state index contributed by atoms with van der Waals surface area (Å²) < 4.78 is 0. The SMILES string of the molecule is N#Cc1cnc(-c2c[nH]c3ncc(Cl)cc23)nc1N. The van der Waals surface area contributed by atoms with E-state index in [0.29, 0.717) is 16.5 Å². The Bertz CT molecular complexity index is 817. The maximum atomic E-state index is 8.80. The number of anilines is 1. The number of H-pyrrole nitrogens is 1. The molecule has 3 N–H and O–H groups in total. The molecule has 0 amide bonds. The number of hydrogen-bond acceptors (Lipinski definition) is 5. The van der Waals surface area contributed by atoms with E-state index in [1.807, 2.05) is 6.07 Å². The predicted molar refractivity (Wildman–Crippen MR) is 71.3 cm³/mol. The Morgan fingerprint density at radius 2 is 2.16 bits per heavy atom. The van der Waals surface area contributed by atoms with E-state index in [-0.39, 0.29) is 11.4 Å². The normalized spacial score (nSPS) is 10.5. The van der Waals surface area contributed by atoms with Crippen molar-refractivity contribution >= 4 is 28.5 Å². The van der Waals surface area contributed by atoms with E-state index in [1.165, 1.54) is 6.20 Å². The number of hydrogen-bond donors (Lipinski definition) is 2. The zero-order valence-corrected chi connectivity index (χ0v) is 10.3. The Morgan fingerprint density at radius 3 is 2.89 bits per heavy atom. The highest BCUT2D eigenvalue weighted by Gasteiger charge is 2.12. The van der Waals surface area contributed by atoms with Crippen LogP contribution in [0, 0.1) is 11.3 Å². The molecule has 92 valence electrons. The minimum absolute atomic E-state index is 0.150. The predicted octanol–water partition coefficient (Wildman–Crippen LogP) is 2.13. The van der Waals surface area contributed by atoms with E-state index in [4.69, 9.17) is 22.6 Å². The molecule has 6 nitrogen and oxygen atoms in total. The highest BCUT2D eigenvalue weighted by Crippen LogP contribution is 2.27. The van der Waals surface area contributed by atoms with E-state index in [1.54, 1.807) is 18.5 Å². The first-order valence-corrected chi connectivity index (χ1v) is 5.72. The molecule has 0 aliphatic heterocycles. The van der Waals surface area contributed by atoms with E-state index in [9.17, 15) is 0 Å². The van der Waals surface area contributed by atoms with Crippen molar-refractivity contribution in [2.24, 2.45) is 0 Å². The van der Waals surface area contributed by atoms with Crippen molar-refractivity contribution in [3.63, 3.8) is 0 Å². The number of nitrogens with zero attached hydrogens (tertiary/aromatic N) is 4. The first kappa shape index (κ1) is 11.4. The van der Waals surface area contributed by atoms with Crippen LogP contribution < -0.4 is 5.73 Å². The smallest absolute Gasteiger partial charge is 0.163 e. The molecule has 3 rings (SSSR count). The number of pyridine rings is 1. The summed E-state index contributed by atoms with van der Waals surface area (Å²) in [7, 11) is 0. The van der Waals surface area contributed by atoms with Crippen molar-refractivity contribution in [1.82, 2.24) is 19.9 Å². The lowest BCUT2D eigenvalue weighted by atomic mass is 10.2. The van der Waals surface area contributed by atoms with Crippen LogP contribution in [0.25, 0.3) is 22.4 Å². The van der Waals surface area contributed by atoms with Gasteiger partial charge in [-0.05, 0) is 6.07 Å². The number of nitriles is 1. The summed E-state index contributed by atoms with van der Waals surface area (Å²) in [4.78, 5) is 15.4. The summed E-state index contributed by atoms with van der Waals surface area (Å²) >= 11 is 5.93. The Balaban J connectivity index is 2.22. The summed E-state index contributed by atoms with van der Waals surface area (Å²) in [6.45, 7) is 0. The second-order valence-electron chi connectivity index (χ2n) is 3.86. The molecule has 0 fully saturated rings. The molecular formula is C12H7ClN6. The maximum absolute atomic E-state index is 8.80. The van der Waals surface area contributed by atoms with E-state index in [0.717, 1.165) is 10.9 Å². The average Bonchev–Trinajstić information content (AvgIpc) is 2.81. The fraction of sp³-hybridized carbons (Fsp3) is 0. The van der Waals surface area contributed by atoms with Gasteiger partial charge in [0.15, 0.2) is 5.82 Å². The van der Waals surface area contributed by atoms with Crippen LogP contribution in [-0.2, 0) is 0 Å². The highest BCUT2D eigenvalue weighted by atomic mass is 35.5. The van der Waals surface area contributed by atoms with Gasteiger partial charge < -0.3 is 10.7 Å². The molecular weight excluding hydrogens is 264 g/mol. The molecule has 3 aromatic rings. The van der Waals surface area contributed by atoms with Gasteiger partial charge in [-0.15, -0.1) is 0 Å². The molecule has 0 radical (unpaired) electrons. The van der Waals surface area contributed by atoms with Crippen LogP contribution in [-0.4, -0.2) is 19.9 Å². The zero-order chi connectivity index (χ0) is 13.4. The van der Waals surface area contributed by atoms with E-state index >= 15 is 0 Å². The molecule has 0 saturated heterocycles. The third-order valence-corrected chi connectivity index (χ3v) is 2.88. The molecule has 7 heteroatoms. The molecule has 0 aliphatic rings. The Hall–Kier alpha value is -2.65. The van der Waals surface area contributed by atoms with Gasteiger partial charge in [-0.2, -0.15) is 5.26 Å². The summed E-state index contributed by atoms with van der Waals surface area (Å²) in [6.07, 6.45) is 4.68. The van der Waals surface area contributed by atoms with Crippen LogP contribution in [0.1, 0.15) is 5.56 Å². The molecule has 0 aromatic carbocycles. The summed E-state index contributed by atoms with van der Waals surface area (Å²) in [5.41, 5.74) is 7.36. The lowest BCUT2D eigenvalue weighted by molar-refractivity contribution is 1.17. The third kappa shape index (κ3) is 1.86. The molecule has 0 saturated carbocycles. The zero-order valence-electron chi connectivity index (χ0n) is 9.55. The Morgan fingerprint density at radius 1 is 1.32 bits per heavy atom. The molecule has 0 spiro atoms. The minimum atomic E-state index is 0.150. The lowest BCUT2D eigenvalue weighted by Crippen LogP contribution is -1.98. The fourth-order valence-corrected chi connectivity index (χ4v) is 1.93. The molecule has 0 aliphatic carbocycles. The minimum Gasteiger partial charge on any atom is -0.382 e. The average molecular weight is 271 g/mol. The molecule has 3 heterocycles.